The molecule has 1 heterocycles. The van der Waals surface area contributed by atoms with Crippen molar-refractivity contribution in [2.45, 2.75) is 31.6 Å². The number of hydrogen-bond donors (Lipinski definition) is 1. The van der Waals surface area contributed by atoms with Crippen LogP contribution in [0.2, 0.25) is 0 Å². The number of benzene rings is 1. The largest absolute Gasteiger partial charge is 0.349 e. The third kappa shape index (κ3) is 3.67. The molecule has 1 aromatic carbocycles. The Morgan fingerprint density at radius 1 is 1.45 bits per heavy atom. The summed E-state index contributed by atoms with van der Waals surface area (Å²) >= 11 is 4.95. The Bertz CT molecular complexity index is 597. The Labute approximate surface area is 131 Å². The lowest BCUT2D eigenvalue weighted by atomic mass is 10.1. The minimum atomic E-state index is -0.128. The molecule has 1 unspecified atom stereocenters. The predicted octanol–water partition coefficient (Wildman–Crippen LogP) is 3.91. The van der Waals surface area contributed by atoms with E-state index in [0.717, 1.165) is 22.7 Å². The molecule has 1 amide bonds. The number of thiazole rings is 1. The number of rotatable bonds is 5. The van der Waals surface area contributed by atoms with Crippen LogP contribution in [0.3, 0.4) is 0 Å². The van der Waals surface area contributed by atoms with Gasteiger partial charge in [-0.2, -0.15) is 0 Å². The van der Waals surface area contributed by atoms with Gasteiger partial charge in [-0.3, -0.25) is 4.79 Å². The van der Waals surface area contributed by atoms with Gasteiger partial charge < -0.3 is 5.32 Å². The standard InChI is InChI=1S/C15H17BrN2OS/c1-3-13(16)14(19)17-8-11-9-20-15(18-11)12-7-5-4-6-10(12)2/h4-7,9,13H,3,8H2,1-2H3,(H,17,19). The second kappa shape index (κ2) is 6.99. The molecule has 1 aromatic heterocycles. The SMILES string of the molecule is CCC(Br)C(=O)NCc1csc(-c2ccccc2C)n1. The van der Waals surface area contributed by atoms with Crippen molar-refractivity contribution in [1.82, 2.24) is 10.3 Å². The van der Waals surface area contributed by atoms with Crippen molar-refractivity contribution in [3.63, 3.8) is 0 Å². The number of aromatic nitrogens is 1. The Balaban J connectivity index is 2.03. The number of hydrogen-bond acceptors (Lipinski definition) is 3. The van der Waals surface area contributed by atoms with E-state index in [4.69, 9.17) is 0 Å². The van der Waals surface area contributed by atoms with Crippen molar-refractivity contribution in [3.8, 4) is 10.6 Å². The normalized spacial score (nSPS) is 12.2. The third-order valence-electron chi connectivity index (χ3n) is 3.01. The maximum atomic E-state index is 11.7. The minimum absolute atomic E-state index is 0.0120. The van der Waals surface area contributed by atoms with Crippen LogP contribution in [-0.4, -0.2) is 15.7 Å². The highest BCUT2D eigenvalue weighted by atomic mass is 79.9. The van der Waals surface area contributed by atoms with Gasteiger partial charge in [0, 0.05) is 10.9 Å². The molecule has 5 heteroatoms. The summed E-state index contributed by atoms with van der Waals surface area (Å²) in [5.41, 5.74) is 3.27. The molecule has 0 aliphatic rings. The molecule has 1 N–H and O–H groups in total. The fourth-order valence-electron chi connectivity index (χ4n) is 1.80. The molecular formula is C15H17BrN2OS. The van der Waals surface area contributed by atoms with Gasteiger partial charge in [-0.1, -0.05) is 47.1 Å². The van der Waals surface area contributed by atoms with Gasteiger partial charge in [0.15, 0.2) is 0 Å². The van der Waals surface area contributed by atoms with Gasteiger partial charge in [-0.15, -0.1) is 11.3 Å². The molecule has 0 aliphatic heterocycles. The predicted molar refractivity (Wildman–Crippen MR) is 87.1 cm³/mol. The van der Waals surface area contributed by atoms with Crippen LogP contribution in [0.5, 0.6) is 0 Å². The van der Waals surface area contributed by atoms with Gasteiger partial charge >= 0.3 is 0 Å². The second-order valence-corrected chi connectivity index (χ2v) is 6.52. The lowest BCUT2D eigenvalue weighted by Crippen LogP contribution is -2.30. The molecule has 0 radical (unpaired) electrons. The molecule has 106 valence electrons. The molecular weight excluding hydrogens is 336 g/mol. The van der Waals surface area contributed by atoms with Crippen molar-refractivity contribution in [2.75, 3.05) is 0 Å². The van der Waals surface area contributed by atoms with Crippen molar-refractivity contribution < 1.29 is 4.79 Å². The van der Waals surface area contributed by atoms with Crippen LogP contribution >= 0.6 is 27.3 Å². The number of alkyl halides is 1. The van der Waals surface area contributed by atoms with Crippen molar-refractivity contribution in [2.24, 2.45) is 0 Å². The topological polar surface area (TPSA) is 42.0 Å². The van der Waals surface area contributed by atoms with Crippen LogP contribution in [0, 0.1) is 6.92 Å². The summed E-state index contributed by atoms with van der Waals surface area (Å²) in [5.74, 6) is 0.0120. The van der Waals surface area contributed by atoms with Gasteiger partial charge in [-0.25, -0.2) is 4.98 Å². The molecule has 1 atom stereocenters. The molecule has 20 heavy (non-hydrogen) atoms. The van der Waals surface area contributed by atoms with Crippen molar-refractivity contribution in [3.05, 3.63) is 40.9 Å². The summed E-state index contributed by atoms with van der Waals surface area (Å²) in [5, 5.41) is 5.88. The quantitative estimate of drug-likeness (QED) is 0.828. The highest BCUT2D eigenvalue weighted by Gasteiger charge is 2.13. The number of nitrogens with one attached hydrogen (secondary N) is 1. The van der Waals surface area contributed by atoms with Crippen LogP contribution in [0.1, 0.15) is 24.6 Å². The van der Waals surface area contributed by atoms with Gasteiger partial charge in [0.05, 0.1) is 17.1 Å². The maximum absolute atomic E-state index is 11.7. The lowest BCUT2D eigenvalue weighted by Gasteiger charge is -2.06. The number of halogens is 1. The number of carbonyl (C=O) groups excluding carboxylic acids is 1. The Hall–Kier alpha value is -1.20. The molecule has 2 aromatic rings. The maximum Gasteiger partial charge on any atom is 0.234 e. The molecule has 0 saturated carbocycles. The Morgan fingerprint density at radius 3 is 2.90 bits per heavy atom. The summed E-state index contributed by atoms with van der Waals surface area (Å²) < 4.78 is 0. The number of nitrogens with zero attached hydrogens (tertiary/aromatic N) is 1. The molecule has 0 aliphatic carbocycles. The van der Waals surface area contributed by atoms with E-state index in [-0.39, 0.29) is 10.7 Å². The summed E-state index contributed by atoms with van der Waals surface area (Å²) in [4.78, 5) is 16.2. The zero-order valence-corrected chi connectivity index (χ0v) is 13.9. The summed E-state index contributed by atoms with van der Waals surface area (Å²) in [6.07, 6.45) is 0.775. The zero-order valence-electron chi connectivity index (χ0n) is 11.5. The molecule has 0 spiro atoms. The molecule has 2 rings (SSSR count). The second-order valence-electron chi connectivity index (χ2n) is 4.55. The van der Waals surface area contributed by atoms with E-state index in [1.807, 2.05) is 24.4 Å². The van der Waals surface area contributed by atoms with E-state index in [1.165, 1.54) is 5.56 Å². The highest BCUT2D eigenvalue weighted by molar-refractivity contribution is 9.10. The number of carbonyl (C=O) groups is 1. The van der Waals surface area contributed by atoms with E-state index in [1.54, 1.807) is 11.3 Å². The summed E-state index contributed by atoms with van der Waals surface area (Å²) in [6.45, 7) is 4.52. The monoisotopic (exact) mass is 352 g/mol. The Morgan fingerprint density at radius 2 is 2.20 bits per heavy atom. The van der Waals surface area contributed by atoms with E-state index < -0.39 is 0 Å². The van der Waals surface area contributed by atoms with E-state index in [2.05, 4.69) is 45.3 Å². The molecule has 0 saturated heterocycles. The number of aryl methyl sites for hydroxylation is 1. The first kappa shape index (κ1) is 15.2. The van der Waals surface area contributed by atoms with Gasteiger partial charge in [0.1, 0.15) is 5.01 Å². The smallest absolute Gasteiger partial charge is 0.234 e. The highest BCUT2D eigenvalue weighted by Crippen LogP contribution is 2.26. The lowest BCUT2D eigenvalue weighted by molar-refractivity contribution is -0.120. The third-order valence-corrected chi connectivity index (χ3v) is 5.00. The molecule has 0 fully saturated rings. The number of amides is 1. The van der Waals surface area contributed by atoms with E-state index >= 15 is 0 Å². The fourth-order valence-corrected chi connectivity index (χ4v) is 2.87. The first-order valence-corrected chi connectivity index (χ1v) is 8.33. The van der Waals surface area contributed by atoms with Crippen LogP contribution in [0.25, 0.3) is 10.6 Å². The minimum Gasteiger partial charge on any atom is -0.349 e. The van der Waals surface area contributed by atoms with Crippen LogP contribution in [0.15, 0.2) is 29.6 Å². The van der Waals surface area contributed by atoms with Gasteiger partial charge in [0.25, 0.3) is 0 Å². The van der Waals surface area contributed by atoms with Crippen LogP contribution in [-0.2, 0) is 11.3 Å². The fraction of sp³-hybridized carbons (Fsp3) is 0.333. The summed E-state index contributed by atoms with van der Waals surface area (Å²) in [7, 11) is 0. The summed E-state index contributed by atoms with van der Waals surface area (Å²) in [6, 6.07) is 8.19. The van der Waals surface area contributed by atoms with Crippen LogP contribution in [0.4, 0.5) is 0 Å². The first-order valence-electron chi connectivity index (χ1n) is 6.54. The van der Waals surface area contributed by atoms with Crippen molar-refractivity contribution in [1.29, 1.82) is 0 Å². The zero-order chi connectivity index (χ0) is 14.5. The first-order chi connectivity index (χ1) is 9.61. The average Bonchev–Trinajstić information content (AvgIpc) is 2.93. The molecule has 0 bridgehead atoms. The van der Waals surface area contributed by atoms with Gasteiger partial charge in [-0.05, 0) is 18.9 Å². The van der Waals surface area contributed by atoms with Crippen LogP contribution < -0.4 is 5.32 Å². The Kier molecular flexibility index (Phi) is 5.31. The van der Waals surface area contributed by atoms with Gasteiger partial charge in [0.2, 0.25) is 5.91 Å². The molecule has 3 nitrogen and oxygen atoms in total. The van der Waals surface area contributed by atoms with E-state index in [0.29, 0.717) is 6.54 Å². The van der Waals surface area contributed by atoms with Crippen molar-refractivity contribution >= 4 is 33.2 Å². The van der Waals surface area contributed by atoms with E-state index in [9.17, 15) is 4.79 Å². The average molecular weight is 353 g/mol.